The van der Waals surface area contributed by atoms with E-state index in [1.807, 2.05) is 25.1 Å². The van der Waals surface area contributed by atoms with Crippen molar-refractivity contribution in [3.05, 3.63) is 76.7 Å². The standard InChI is InChI=1S/C26H30FN5OS/c1-3-18(15-33)12-13-28-24-23(25-31-22-7-5-4-6-20(22)16-34-25)17(2)30-26(32-24)29-14-19-8-10-21(27)11-9-19/h4-11,18,33H,3,12-16H2,1-2H3,(H2,28,29,30,32). The van der Waals surface area contributed by atoms with Crippen LogP contribution in [0.15, 0.2) is 53.5 Å². The quantitative estimate of drug-likeness (QED) is 0.347. The summed E-state index contributed by atoms with van der Waals surface area (Å²) in [7, 11) is 0. The molecular weight excluding hydrogens is 449 g/mol. The first-order valence-electron chi connectivity index (χ1n) is 11.6. The highest BCUT2D eigenvalue weighted by atomic mass is 32.2. The Morgan fingerprint density at radius 3 is 2.65 bits per heavy atom. The molecule has 2 aromatic carbocycles. The van der Waals surface area contributed by atoms with Gasteiger partial charge in [-0.25, -0.2) is 14.4 Å². The van der Waals surface area contributed by atoms with Crippen molar-refractivity contribution in [1.82, 2.24) is 9.97 Å². The largest absolute Gasteiger partial charge is 0.396 e. The minimum atomic E-state index is -0.257. The van der Waals surface area contributed by atoms with E-state index < -0.39 is 0 Å². The number of aryl methyl sites for hydroxylation is 1. The summed E-state index contributed by atoms with van der Waals surface area (Å²) in [6.45, 7) is 5.41. The maximum Gasteiger partial charge on any atom is 0.225 e. The second kappa shape index (κ2) is 11.4. The average molecular weight is 480 g/mol. The number of rotatable bonds is 10. The molecule has 1 aliphatic rings. The lowest BCUT2D eigenvalue weighted by Gasteiger charge is -2.20. The Morgan fingerprint density at radius 1 is 1.09 bits per heavy atom. The van der Waals surface area contributed by atoms with Crippen LogP contribution in [0.4, 0.5) is 21.8 Å². The molecule has 1 atom stereocenters. The molecule has 8 heteroatoms. The van der Waals surface area contributed by atoms with Crippen molar-refractivity contribution in [3.63, 3.8) is 0 Å². The van der Waals surface area contributed by atoms with Gasteiger partial charge in [0, 0.05) is 25.4 Å². The molecule has 0 saturated carbocycles. The van der Waals surface area contributed by atoms with E-state index in [-0.39, 0.29) is 18.3 Å². The molecule has 2 heterocycles. The van der Waals surface area contributed by atoms with Crippen LogP contribution < -0.4 is 10.6 Å². The van der Waals surface area contributed by atoms with Crippen molar-refractivity contribution in [3.8, 4) is 0 Å². The Morgan fingerprint density at radius 2 is 1.88 bits per heavy atom. The second-order valence-electron chi connectivity index (χ2n) is 8.34. The third kappa shape index (κ3) is 5.93. The number of aromatic nitrogens is 2. The number of fused-ring (bicyclic) bond motifs is 1. The Kier molecular flexibility index (Phi) is 8.13. The van der Waals surface area contributed by atoms with E-state index in [2.05, 4.69) is 23.6 Å². The van der Waals surface area contributed by atoms with Gasteiger partial charge in [0.25, 0.3) is 0 Å². The molecule has 0 spiro atoms. The number of aliphatic imine (C=N–C) groups is 1. The molecule has 0 fully saturated rings. The summed E-state index contributed by atoms with van der Waals surface area (Å²) in [5.41, 5.74) is 4.88. The lowest BCUT2D eigenvalue weighted by molar-refractivity contribution is 0.217. The van der Waals surface area contributed by atoms with Gasteiger partial charge in [0.2, 0.25) is 5.95 Å². The second-order valence-corrected chi connectivity index (χ2v) is 9.31. The fourth-order valence-electron chi connectivity index (χ4n) is 3.80. The summed E-state index contributed by atoms with van der Waals surface area (Å²) in [6.07, 6.45) is 1.77. The van der Waals surface area contributed by atoms with Crippen LogP contribution >= 0.6 is 11.8 Å². The smallest absolute Gasteiger partial charge is 0.225 e. The highest BCUT2D eigenvalue weighted by molar-refractivity contribution is 8.13. The summed E-state index contributed by atoms with van der Waals surface area (Å²) in [5, 5.41) is 17.2. The van der Waals surface area contributed by atoms with Gasteiger partial charge in [-0.05, 0) is 48.6 Å². The molecule has 0 radical (unpaired) electrons. The van der Waals surface area contributed by atoms with E-state index in [0.29, 0.717) is 19.0 Å². The predicted octanol–water partition coefficient (Wildman–Crippen LogP) is 5.68. The van der Waals surface area contributed by atoms with Crippen LogP contribution in [0.1, 0.15) is 42.1 Å². The first kappa shape index (κ1) is 24.2. The van der Waals surface area contributed by atoms with Crippen molar-refractivity contribution in [2.45, 2.75) is 39.0 Å². The third-order valence-electron chi connectivity index (χ3n) is 5.93. The van der Waals surface area contributed by atoms with Crippen molar-refractivity contribution in [2.75, 3.05) is 23.8 Å². The molecule has 6 nitrogen and oxygen atoms in total. The van der Waals surface area contributed by atoms with Gasteiger partial charge in [0.05, 0.1) is 16.9 Å². The number of para-hydroxylation sites is 1. The number of anilines is 2. The van der Waals surface area contributed by atoms with Gasteiger partial charge in [-0.1, -0.05) is 43.7 Å². The van der Waals surface area contributed by atoms with Gasteiger partial charge < -0.3 is 15.7 Å². The summed E-state index contributed by atoms with van der Waals surface area (Å²) in [6, 6.07) is 14.6. The monoisotopic (exact) mass is 479 g/mol. The Labute approximate surface area is 204 Å². The SMILES string of the molecule is CCC(CO)CCNc1nc(NCc2ccc(F)cc2)nc(C)c1C1=Nc2ccccc2CS1. The molecule has 1 aromatic heterocycles. The number of hydrogen-bond acceptors (Lipinski definition) is 7. The zero-order valence-electron chi connectivity index (χ0n) is 19.5. The molecule has 1 unspecified atom stereocenters. The minimum absolute atomic E-state index is 0.178. The fourth-order valence-corrected chi connectivity index (χ4v) is 4.88. The summed E-state index contributed by atoms with van der Waals surface area (Å²) < 4.78 is 13.2. The Balaban J connectivity index is 1.61. The van der Waals surface area contributed by atoms with Gasteiger partial charge in [0.1, 0.15) is 16.7 Å². The van der Waals surface area contributed by atoms with Gasteiger partial charge in [-0.15, -0.1) is 11.8 Å². The number of aliphatic hydroxyl groups excluding tert-OH is 1. The maximum absolute atomic E-state index is 13.2. The highest BCUT2D eigenvalue weighted by Crippen LogP contribution is 2.35. The number of benzene rings is 2. The van der Waals surface area contributed by atoms with Gasteiger partial charge >= 0.3 is 0 Å². The van der Waals surface area contributed by atoms with Crippen molar-refractivity contribution in [2.24, 2.45) is 10.9 Å². The zero-order valence-corrected chi connectivity index (χ0v) is 20.3. The van der Waals surface area contributed by atoms with Crippen LogP contribution in [-0.4, -0.2) is 33.3 Å². The van der Waals surface area contributed by atoms with Crippen molar-refractivity contribution in [1.29, 1.82) is 0 Å². The summed E-state index contributed by atoms with van der Waals surface area (Å²) in [4.78, 5) is 14.4. The van der Waals surface area contributed by atoms with Crippen LogP contribution in [0.3, 0.4) is 0 Å². The van der Waals surface area contributed by atoms with Crippen molar-refractivity contribution >= 4 is 34.3 Å². The van der Waals surface area contributed by atoms with E-state index in [0.717, 1.165) is 52.0 Å². The van der Waals surface area contributed by atoms with Crippen molar-refractivity contribution < 1.29 is 9.50 Å². The molecule has 0 aliphatic carbocycles. The van der Waals surface area contributed by atoms with E-state index in [1.165, 1.54) is 17.7 Å². The average Bonchev–Trinajstić information content (AvgIpc) is 2.86. The van der Waals surface area contributed by atoms with E-state index in [9.17, 15) is 9.50 Å². The first-order valence-corrected chi connectivity index (χ1v) is 12.6. The van der Waals surface area contributed by atoms with Gasteiger partial charge in [0.15, 0.2) is 0 Å². The minimum Gasteiger partial charge on any atom is -0.396 e. The molecule has 178 valence electrons. The Hall–Kier alpha value is -2.97. The Bertz CT molecular complexity index is 1150. The lowest BCUT2D eigenvalue weighted by atomic mass is 10.0. The lowest BCUT2D eigenvalue weighted by Crippen LogP contribution is -2.17. The summed E-state index contributed by atoms with van der Waals surface area (Å²) in [5.74, 6) is 2.08. The number of nitrogens with zero attached hydrogens (tertiary/aromatic N) is 3. The molecule has 3 N–H and O–H groups in total. The molecule has 0 saturated heterocycles. The number of nitrogens with one attached hydrogen (secondary N) is 2. The molecular formula is C26H30FN5OS. The molecule has 4 rings (SSSR count). The molecule has 0 bridgehead atoms. The topological polar surface area (TPSA) is 82.4 Å². The normalized spacial score (nSPS) is 13.7. The number of hydrogen-bond donors (Lipinski definition) is 3. The number of thioether (sulfide) groups is 1. The molecule has 0 amide bonds. The zero-order chi connectivity index (χ0) is 23.9. The van der Waals surface area contributed by atoms with Crippen LogP contribution in [0.5, 0.6) is 0 Å². The van der Waals surface area contributed by atoms with E-state index in [4.69, 9.17) is 15.0 Å². The molecule has 1 aliphatic heterocycles. The van der Waals surface area contributed by atoms with Gasteiger partial charge in [-0.3, -0.25) is 0 Å². The maximum atomic E-state index is 13.2. The van der Waals surface area contributed by atoms with E-state index in [1.54, 1.807) is 23.9 Å². The number of halogens is 1. The fraction of sp³-hybridized carbons (Fsp3) is 0.346. The van der Waals surface area contributed by atoms with Crippen LogP contribution in [-0.2, 0) is 12.3 Å². The first-order chi connectivity index (χ1) is 16.6. The highest BCUT2D eigenvalue weighted by Gasteiger charge is 2.21. The van der Waals surface area contributed by atoms with Crippen LogP contribution in [0.2, 0.25) is 0 Å². The van der Waals surface area contributed by atoms with E-state index >= 15 is 0 Å². The van der Waals surface area contributed by atoms with Crippen LogP contribution in [0.25, 0.3) is 0 Å². The number of aliphatic hydroxyl groups is 1. The van der Waals surface area contributed by atoms with Crippen LogP contribution in [0, 0.1) is 18.7 Å². The third-order valence-corrected chi connectivity index (χ3v) is 6.95. The summed E-state index contributed by atoms with van der Waals surface area (Å²) >= 11 is 1.69. The molecule has 3 aromatic rings. The molecule has 34 heavy (non-hydrogen) atoms. The predicted molar refractivity (Wildman–Crippen MR) is 138 cm³/mol. The van der Waals surface area contributed by atoms with Gasteiger partial charge in [-0.2, -0.15) is 4.98 Å².